The molecule has 1 amide bonds. The van der Waals surface area contributed by atoms with E-state index in [4.69, 9.17) is 0 Å². The number of aromatic nitrogens is 2. The van der Waals surface area contributed by atoms with Crippen molar-refractivity contribution in [2.24, 2.45) is 5.10 Å². The summed E-state index contributed by atoms with van der Waals surface area (Å²) in [6.45, 7) is 0. The van der Waals surface area contributed by atoms with Crippen molar-refractivity contribution in [2.75, 3.05) is 6.26 Å². The normalized spacial score (nSPS) is 10.7. The number of nitrogens with zero attached hydrogens (tertiary/aromatic N) is 3. The highest BCUT2D eigenvalue weighted by molar-refractivity contribution is 7.98. The van der Waals surface area contributed by atoms with Crippen LogP contribution >= 0.6 is 11.8 Å². The zero-order chi connectivity index (χ0) is 17.7. The van der Waals surface area contributed by atoms with Crippen molar-refractivity contribution in [2.45, 2.75) is 5.16 Å². The van der Waals surface area contributed by atoms with Crippen molar-refractivity contribution in [1.82, 2.24) is 15.4 Å². The van der Waals surface area contributed by atoms with Crippen molar-refractivity contribution in [3.63, 3.8) is 0 Å². The van der Waals surface area contributed by atoms with Crippen LogP contribution < -0.4 is 11.0 Å². The molecule has 0 saturated carbocycles. The number of carbonyl (C=O) groups is 1. The first-order chi connectivity index (χ1) is 11.4. The first kappa shape index (κ1) is 17.1. The van der Waals surface area contributed by atoms with Gasteiger partial charge in [-0.25, -0.2) is 10.4 Å². The number of hydrogen-bond donors (Lipinski definition) is 3. The van der Waals surface area contributed by atoms with Crippen LogP contribution in [0.2, 0.25) is 0 Å². The molecule has 2 rings (SSSR count). The number of rotatable bonds is 5. The Hall–Kier alpha value is -3.21. The number of aromatic hydroxyl groups is 1. The van der Waals surface area contributed by atoms with Crippen LogP contribution in [0.1, 0.15) is 16.1 Å². The monoisotopic (exact) mass is 349 g/mol. The number of phenolic OH excluding ortho intramolecular Hbond substituents is 1. The average Bonchev–Trinajstić information content (AvgIpc) is 2.55. The van der Waals surface area contributed by atoms with Crippen molar-refractivity contribution in [1.29, 1.82) is 0 Å². The first-order valence-corrected chi connectivity index (χ1v) is 7.59. The molecule has 1 aromatic carbocycles. The number of thioether (sulfide) groups is 1. The van der Waals surface area contributed by atoms with Crippen LogP contribution in [0.15, 0.2) is 39.3 Å². The number of aromatic amines is 1. The number of carbonyl (C=O) groups excluding carboxylic acids is 1. The Bertz CT molecular complexity index is 879. The predicted octanol–water partition coefficient (Wildman–Crippen LogP) is 0.869. The van der Waals surface area contributed by atoms with Gasteiger partial charge in [-0.1, -0.05) is 11.8 Å². The molecule has 0 aliphatic heterocycles. The molecule has 0 aliphatic carbocycles. The topological polar surface area (TPSA) is 151 Å². The molecule has 0 saturated heterocycles. The lowest BCUT2D eigenvalue weighted by Crippen LogP contribution is -2.22. The smallest absolute Gasteiger partial charge is 0.290 e. The molecule has 2 aromatic rings. The van der Waals surface area contributed by atoms with Crippen LogP contribution in [-0.2, 0) is 0 Å². The van der Waals surface area contributed by atoms with Gasteiger partial charge in [0.1, 0.15) is 11.4 Å². The van der Waals surface area contributed by atoms with Crippen LogP contribution in [0.3, 0.4) is 0 Å². The van der Waals surface area contributed by atoms with Crippen molar-refractivity contribution in [3.8, 4) is 5.75 Å². The Morgan fingerprint density at radius 3 is 2.92 bits per heavy atom. The number of non-ortho nitro benzene ring substituents is 1. The van der Waals surface area contributed by atoms with Crippen molar-refractivity contribution < 1.29 is 14.8 Å². The van der Waals surface area contributed by atoms with E-state index >= 15 is 0 Å². The second kappa shape index (κ2) is 7.37. The highest BCUT2D eigenvalue weighted by Gasteiger charge is 2.11. The summed E-state index contributed by atoms with van der Waals surface area (Å²) < 4.78 is 0. The van der Waals surface area contributed by atoms with E-state index in [-0.39, 0.29) is 27.9 Å². The van der Waals surface area contributed by atoms with Crippen molar-refractivity contribution in [3.05, 3.63) is 56.0 Å². The Kier molecular flexibility index (Phi) is 5.27. The van der Waals surface area contributed by atoms with E-state index in [2.05, 4.69) is 20.5 Å². The highest BCUT2D eigenvalue weighted by atomic mass is 32.2. The molecule has 0 atom stereocenters. The van der Waals surface area contributed by atoms with Gasteiger partial charge in [0.05, 0.1) is 11.1 Å². The minimum atomic E-state index is -0.738. The lowest BCUT2D eigenvalue weighted by atomic mass is 10.2. The third-order valence-corrected chi connectivity index (χ3v) is 3.32. The SMILES string of the molecule is CSc1nc(C(=O)N/N=C/c2cc([N+](=O)[O-])ccc2O)cc(=O)[nH]1. The van der Waals surface area contributed by atoms with Gasteiger partial charge in [-0.2, -0.15) is 5.10 Å². The Morgan fingerprint density at radius 1 is 1.50 bits per heavy atom. The zero-order valence-corrected chi connectivity index (χ0v) is 13.0. The van der Waals surface area contributed by atoms with Gasteiger partial charge in [0.15, 0.2) is 5.16 Å². The predicted molar refractivity (Wildman–Crippen MR) is 86.5 cm³/mol. The maximum atomic E-state index is 11.9. The molecule has 24 heavy (non-hydrogen) atoms. The molecule has 124 valence electrons. The summed E-state index contributed by atoms with van der Waals surface area (Å²) in [6.07, 6.45) is 2.73. The van der Waals surface area contributed by atoms with E-state index in [0.717, 1.165) is 42.2 Å². The summed E-state index contributed by atoms with van der Waals surface area (Å²) in [4.78, 5) is 39.7. The molecule has 3 N–H and O–H groups in total. The summed E-state index contributed by atoms with van der Waals surface area (Å²) in [6, 6.07) is 4.39. The molecule has 0 aliphatic rings. The Labute approximate surface area is 138 Å². The number of benzene rings is 1. The van der Waals surface area contributed by atoms with Gasteiger partial charge < -0.3 is 10.1 Å². The van der Waals surface area contributed by atoms with E-state index in [1.807, 2.05) is 0 Å². The maximum absolute atomic E-state index is 11.9. The number of phenols is 1. The van der Waals surface area contributed by atoms with Crippen LogP contribution in [0.4, 0.5) is 5.69 Å². The first-order valence-electron chi connectivity index (χ1n) is 6.37. The molecule has 0 unspecified atom stereocenters. The number of hydrogen-bond acceptors (Lipinski definition) is 8. The van der Waals surface area contributed by atoms with Crippen LogP contribution in [-0.4, -0.2) is 38.4 Å². The molecule has 0 spiro atoms. The minimum Gasteiger partial charge on any atom is -0.507 e. The molecule has 0 radical (unpaired) electrons. The number of hydrazone groups is 1. The second-order valence-electron chi connectivity index (χ2n) is 4.34. The summed E-state index contributed by atoms with van der Waals surface area (Å²) in [5, 5.41) is 24.2. The molecule has 10 nitrogen and oxygen atoms in total. The van der Waals surface area contributed by atoms with Crippen LogP contribution in [0.25, 0.3) is 0 Å². The van der Waals surface area contributed by atoms with E-state index in [9.17, 15) is 24.8 Å². The molecule has 1 aromatic heterocycles. The quantitative estimate of drug-likeness (QED) is 0.238. The highest BCUT2D eigenvalue weighted by Crippen LogP contribution is 2.21. The van der Waals surface area contributed by atoms with Gasteiger partial charge in [0.2, 0.25) is 0 Å². The fourth-order valence-corrected chi connectivity index (χ4v) is 2.02. The summed E-state index contributed by atoms with van der Waals surface area (Å²) >= 11 is 1.16. The van der Waals surface area contributed by atoms with Crippen LogP contribution in [0.5, 0.6) is 5.75 Å². The zero-order valence-electron chi connectivity index (χ0n) is 12.2. The van der Waals surface area contributed by atoms with Gasteiger partial charge in [0.25, 0.3) is 17.2 Å². The third kappa shape index (κ3) is 4.16. The van der Waals surface area contributed by atoms with Gasteiger partial charge >= 0.3 is 0 Å². The maximum Gasteiger partial charge on any atom is 0.290 e. The number of nitro groups is 1. The fraction of sp³-hybridized carbons (Fsp3) is 0.0769. The number of nitro benzene ring substituents is 1. The fourth-order valence-electron chi connectivity index (χ4n) is 1.62. The third-order valence-electron chi connectivity index (χ3n) is 2.74. The standard InChI is InChI=1S/C13H11N5O5S/c1-24-13-15-9(5-11(20)16-13)12(21)17-14-6-7-4-8(18(22)23)2-3-10(7)19/h2-6,19H,1H3,(H,17,21)(H,15,16,20)/b14-6+. The molecule has 0 bridgehead atoms. The van der Waals surface area contributed by atoms with E-state index in [1.165, 1.54) is 0 Å². The van der Waals surface area contributed by atoms with Gasteiger partial charge in [-0.15, -0.1) is 0 Å². The lowest BCUT2D eigenvalue weighted by Gasteiger charge is -2.01. The molecule has 11 heteroatoms. The average molecular weight is 349 g/mol. The number of amides is 1. The van der Waals surface area contributed by atoms with E-state index in [1.54, 1.807) is 6.26 Å². The minimum absolute atomic E-state index is 0.0492. The van der Waals surface area contributed by atoms with Gasteiger partial charge in [-0.05, 0) is 12.3 Å². The van der Waals surface area contributed by atoms with Gasteiger partial charge in [-0.3, -0.25) is 19.7 Å². The number of H-pyrrole nitrogens is 1. The van der Waals surface area contributed by atoms with Crippen molar-refractivity contribution >= 4 is 29.6 Å². The number of nitrogens with one attached hydrogen (secondary N) is 2. The Balaban J connectivity index is 2.16. The van der Waals surface area contributed by atoms with E-state index < -0.39 is 16.4 Å². The molecular formula is C13H11N5O5S. The summed E-state index contributed by atoms with van der Waals surface area (Å²) in [5.74, 6) is -0.977. The summed E-state index contributed by atoms with van der Waals surface area (Å²) in [7, 11) is 0. The van der Waals surface area contributed by atoms with E-state index in [0.29, 0.717) is 0 Å². The van der Waals surface area contributed by atoms with Crippen LogP contribution in [0, 0.1) is 10.1 Å². The Morgan fingerprint density at radius 2 is 2.25 bits per heavy atom. The molecule has 1 heterocycles. The summed E-state index contributed by atoms with van der Waals surface area (Å²) in [5.41, 5.74) is 1.32. The lowest BCUT2D eigenvalue weighted by molar-refractivity contribution is -0.384. The van der Waals surface area contributed by atoms with Gasteiger partial charge in [0, 0.05) is 23.8 Å². The second-order valence-corrected chi connectivity index (χ2v) is 5.13. The molecule has 0 fully saturated rings. The molecular weight excluding hydrogens is 338 g/mol. The largest absolute Gasteiger partial charge is 0.507 e.